The van der Waals surface area contributed by atoms with Gasteiger partial charge < -0.3 is 5.11 Å². The molecule has 0 bridgehead atoms. The van der Waals surface area contributed by atoms with Crippen molar-refractivity contribution in [1.29, 1.82) is 0 Å². The molecular formula is C24H24N2O4S. The molecule has 3 rings (SSSR count). The quantitative estimate of drug-likeness (QED) is 0.438. The van der Waals surface area contributed by atoms with Crippen molar-refractivity contribution in [3.63, 3.8) is 0 Å². The van der Waals surface area contributed by atoms with Crippen molar-refractivity contribution in [1.82, 2.24) is 4.98 Å². The summed E-state index contributed by atoms with van der Waals surface area (Å²) < 4.78 is 28.0. The van der Waals surface area contributed by atoms with E-state index in [-0.39, 0.29) is 11.3 Å². The fourth-order valence-corrected chi connectivity index (χ4v) is 4.23. The molecule has 2 aromatic carbocycles. The molecule has 0 saturated heterocycles. The van der Waals surface area contributed by atoms with E-state index in [0.29, 0.717) is 18.5 Å². The Bertz CT molecular complexity index is 1140. The number of anilines is 1. The van der Waals surface area contributed by atoms with Gasteiger partial charge in [-0.15, -0.1) is 0 Å². The van der Waals surface area contributed by atoms with Crippen LogP contribution < -0.4 is 4.72 Å². The molecule has 0 amide bonds. The number of pyridine rings is 1. The van der Waals surface area contributed by atoms with Gasteiger partial charge in [0.25, 0.3) is 10.0 Å². The second-order valence-corrected chi connectivity index (χ2v) is 8.68. The number of rotatable bonds is 10. The molecule has 1 heterocycles. The molecule has 0 radical (unpaired) electrons. The highest BCUT2D eigenvalue weighted by Crippen LogP contribution is 2.27. The number of allylic oxidation sites excluding steroid dienone is 1. The van der Waals surface area contributed by atoms with Crippen LogP contribution in [0.5, 0.6) is 0 Å². The molecule has 2 N–H and O–H groups in total. The topological polar surface area (TPSA) is 96.4 Å². The molecule has 0 unspecified atom stereocenters. The summed E-state index contributed by atoms with van der Waals surface area (Å²) in [4.78, 5) is 15.1. The Labute approximate surface area is 182 Å². The molecule has 0 aliphatic heterocycles. The molecule has 0 atom stereocenters. The van der Waals surface area contributed by atoms with E-state index in [9.17, 15) is 13.2 Å². The van der Waals surface area contributed by atoms with Crippen LogP contribution >= 0.6 is 0 Å². The van der Waals surface area contributed by atoms with Gasteiger partial charge in [-0.3, -0.25) is 14.5 Å². The Balaban J connectivity index is 1.85. The van der Waals surface area contributed by atoms with Crippen LogP contribution in [0.2, 0.25) is 0 Å². The van der Waals surface area contributed by atoms with Crippen LogP contribution in [0.1, 0.15) is 36.8 Å². The van der Waals surface area contributed by atoms with E-state index in [0.717, 1.165) is 23.1 Å². The van der Waals surface area contributed by atoms with Crippen molar-refractivity contribution in [2.45, 2.75) is 30.6 Å². The lowest BCUT2D eigenvalue weighted by atomic mass is 9.97. The summed E-state index contributed by atoms with van der Waals surface area (Å²) in [5.74, 6) is -0.796. The van der Waals surface area contributed by atoms with E-state index >= 15 is 0 Å². The number of nitrogens with zero attached hydrogens (tertiary/aromatic N) is 1. The van der Waals surface area contributed by atoms with E-state index in [1.54, 1.807) is 60.9 Å². The molecule has 1 aromatic heterocycles. The maximum Gasteiger partial charge on any atom is 0.303 e. The number of nitrogens with one attached hydrogen (secondary N) is 1. The second kappa shape index (κ2) is 10.5. The summed E-state index contributed by atoms with van der Waals surface area (Å²) >= 11 is 0. The summed E-state index contributed by atoms with van der Waals surface area (Å²) in [6.07, 6.45) is 7.69. The van der Waals surface area contributed by atoms with E-state index in [2.05, 4.69) is 9.71 Å². The van der Waals surface area contributed by atoms with Crippen molar-refractivity contribution in [3.05, 3.63) is 96.3 Å². The summed E-state index contributed by atoms with van der Waals surface area (Å²) in [7, 11) is -3.69. The van der Waals surface area contributed by atoms with Crippen molar-refractivity contribution in [3.8, 4) is 0 Å². The second-order valence-electron chi connectivity index (χ2n) is 7.00. The first-order valence-corrected chi connectivity index (χ1v) is 11.4. The lowest BCUT2D eigenvalue weighted by Crippen LogP contribution is -2.12. The number of carboxylic acid groups (broad SMARTS) is 1. The van der Waals surface area contributed by atoms with Crippen molar-refractivity contribution >= 4 is 27.3 Å². The van der Waals surface area contributed by atoms with Crippen LogP contribution in [-0.2, 0) is 14.8 Å². The minimum Gasteiger partial charge on any atom is -0.481 e. The summed E-state index contributed by atoms with van der Waals surface area (Å²) in [5.41, 5.74) is 3.13. The average Bonchev–Trinajstić information content (AvgIpc) is 2.77. The number of aliphatic carboxylic acids is 1. The molecule has 31 heavy (non-hydrogen) atoms. The van der Waals surface area contributed by atoms with Gasteiger partial charge in [0.1, 0.15) is 0 Å². The normalized spacial score (nSPS) is 11.8. The number of hydrogen-bond donors (Lipinski definition) is 2. The predicted octanol–water partition coefficient (Wildman–Crippen LogP) is 4.96. The number of unbranched alkanes of at least 4 members (excludes halogenated alkanes) is 2. The van der Waals surface area contributed by atoms with Gasteiger partial charge >= 0.3 is 5.97 Å². The van der Waals surface area contributed by atoms with Crippen LogP contribution in [0.4, 0.5) is 5.69 Å². The first-order valence-electron chi connectivity index (χ1n) is 9.96. The average molecular weight is 437 g/mol. The first kappa shape index (κ1) is 22.2. The standard InChI is InChI=1S/C24H24N2O4S/c27-24(28)15-6-2-5-14-23(20-10-8-16-25-18-20)19-9-7-11-21(17-19)26-31(29,30)22-12-3-1-4-13-22/h1,3-4,7-14,16-18,26H,2,5-6,15H2,(H,27,28)/b23-14+. The van der Waals surface area contributed by atoms with Gasteiger partial charge in [0.05, 0.1) is 4.90 Å². The smallest absolute Gasteiger partial charge is 0.303 e. The third kappa shape index (κ3) is 6.52. The summed E-state index contributed by atoms with van der Waals surface area (Å²) in [6.45, 7) is 0. The lowest BCUT2D eigenvalue weighted by molar-refractivity contribution is -0.137. The zero-order valence-corrected chi connectivity index (χ0v) is 17.8. The summed E-state index contributed by atoms with van der Waals surface area (Å²) in [5, 5.41) is 8.80. The fraction of sp³-hybridized carbons (Fsp3) is 0.167. The number of aromatic nitrogens is 1. The van der Waals surface area contributed by atoms with Gasteiger partial charge in [-0.2, -0.15) is 0 Å². The molecular weight excluding hydrogens is 412 g/mol. The monoisotopic (exact) mass is 436 g/mol. The number of carbonyl (C=O) groups is 1. The zero-order chi connectivity index (χ0) is 22.1. The van der Waals surface area contributed by atoms with Crippen LogP contribution in [0.25, 0.3) is 5.57 Å². The third-order valence-electron chi connectivity index (χ3n) is 4.65. The van der Waals surface area contributed by atoms with Gasteiger partial charge in [0, 0.05) is 30.1 Å². The Kier molecular flexibility index (Phi) is 7.56. The highest BCUT2D eigenvalue weighted by Gasteiger charge is 2.14. The van der Waals surface area contributed by atoms with E-state index in [4.69, 9.17) is 5.11 Å². The van der Waals surface area contributed by atoms with Crippen molar-refractivity contribution in [2.75, 3.05) is 4.72 Å². The van der Waals surface area contributed by atoms with Crippen LogP contribution in [0, 0.1) is 0 Å². The molecule has 7 heteroatoms. The van der Waals surface area contributed by atoms with Gasteiger partial charge in [0.15, 0.2) is 0 Å². The van der Waals surface area contributed by atoms with Crippen molar-refractivity contribution < 1.29 is 18.3 Å². The Hall–Kier alpha value is -3.45. The molecule has 0 aliphatic rings. The van der Waals surface area contributed by atoms with Gasteiger partial charge in [-0.05, 0) is 60.7 Å². The van der Waals surface area contributed by atoms with E-state index < -0.39 is 16.0 Å². The highest BCUT2D eigenvalue weighted by molar-refractivity contribution is 7.92. The minimum absolute atomic E-state index is 0.146. The van der Waals surface area contributed by atoms with Crippen LogP contribution in [-0.4, -0.2) is 24.5 Å². The fourth-order valence-electron chi connectivity index (χ4n) is 3.16. The van der Waals surface area contributed by atoms with E-state index in [1.165, 1.54) is 0 Å². The van der Waals surface area contributed by atoms with Crippen LogP contribution in [0.15, 0.2) is 90.1 Å². The SMILES string of the molecule is O=C(O)CCCC/C=C(/c1cccnc1)c1cccc(NS(=O)(=O)c2ccccc2)c1. The molecule has 0 saturated carbocycles. The number of benzene rings is 2. The Morgan fingerprint density at radius 1 is 0.968 bits per heavy atom. The number of sulfonamides is 1. The van der Waals surface area contributed by atoms with Gasteiger partial charge in [-0.1, -0.05) is 42.5 Å². The number of hydrogen-bond acceptors (Lipinski definition) is 4. The first-order chi connectivity index (χ1) is 15.0. The van der Waals surface area contributed by atoms with Gasteiger partial charge in [0.2, 0.25) is 0 Å². The van der Waals surface area contributed by atoms with Crippen LogP contribution in [0.3, 0.4) is 0 Å². The third-order valence-corrected chi connectivity index (χ3v) is 6.04. The maximum absolute atomic E-state index is 12.7. The number of carboxylic acids is 1. The Morgan fingerprint density at radius 2 is 1.74 bits per heavy atom. The molecule has 160 valence electrons. The summed E-state index contributed by atoms with van der Waals surface area (Å²) in [6, 6.07) is 19.2. The highest BCUT2D eigenvalue weighted by atomic mass is 32.2. The zero-order valence-electron chi connectivity index (χ0n) is 16.9. The van der Waals surface area contributed by atoms with Gasteiger partial charge in [-0.25, -0.2) is 8.42 Å². The van der Waals surface area contributed by atoms with E-state index in [1.807, 2.05) is 24.3 Å². The molecule has 0 aliphatic carbocycles. The largest absolute Gasteiger partial charge is 0.481 e. The maximum atomic E-state index is 12.7. The van der Waals surface area contributed by atoms with Crippen molar-refractivity contribution in [2.24, 2.45) is 0 Å². The molecule has 0 spiro atoms. The predicted molar refractivity (Wildman–Crippen MR) is 121 cm³/mol. The molecule has 6 nitrogen and oxygen atoms in total. The minimum atomic E-state index is -3.69. The molecule has 0 fully saturated rings. The lowest BCUT2D eigenvalue weighted by Gasteiger charge is -2.12. The Morgan fingerprint density at radius 3 is 2.45 bits per heavy atom. The molecule has 3 aromatic rings.